The van der Waals surface area contributed by atoms with Crippen LogP contribution in [0.3, 0.4) is 0 Å². The van der Waals surface area contributed by atoms with Crippen LogP contribution in [0.15, 0.2) is 78.9 Å². The molecule has 3 aromatic rings. The van der Waals surface area contributed by atoms with Gasteiger partial charge in [0.2, 0.25) is 0 Å². The van der Waals surface area contributed by atoms with E-state index in [0.717, 1.165) is 6.42 Å². The monoisotopic (exact) mass is 286 g/mol. The van der Waals surface area contributed by atoms with Gasteiger partial charge >= 0.3 is 0 Å². The van der Waals surface area contributed by atoms with Gasteiger partial charge in [0.25, 0.3) is 0 Å². The van der Waals surface area contributed by atoms with Gasteiger partial charge in [-0.05, 0) is 46.7 Å². The molecule has 0 saturated carbocycles. The molecule has 0 N–H and O–H groups in total. The summed E-state index contributed by atoms with van der Waals surface area (Å²) >= 11 is 0. The van der Waals surface area contributed by atoms with E-state index in [0.29, 0.717) is 0 Å². The van der Waals surface area contributed by atoms with E-state index in [1.807, 2.05) is 0 Å². The summed E-state index contributed by atoms with van der Waals surface area (Å²) in [7, 11) is 0. The molecule has 0 nitrogen and oxygen atoms in total. The molecule has 0 aliphatic rings. The molecule has 0 aliphatic heterocycles. The number of unbranched alkanes of at least 4 members (excludes halogenated alkanes) is 1. The fraction of sp³-hybridized carbons (Fsp3) is 0.182. The van der Waals surface area contributed by atoms with Crippen LogP contribution in [-0.2, 0) is 6.42 Å². The van der Waals surface area contributed by atoms with E-state index >= 15 is 0 Å². The van der Waals surface area contributed by atoms with Gasteiger partial charge in [-0.1, -0.05) is 86.1 Å². The lowest BCUT2D eigenvalue weighted by Crippen LogP contribution is -1.91. The first-order valence-corrected chi connectivity index (χ1v) is 8.12. The maximum Gasteiger partial charge on any atom is -0.0146 e. The summed E-state index contributed by atoms with van der Waals surface area (Å²) in [6.07, 6.45) is 3.62. The molecule has 3 rings (SSSR count). The van der Waals surface area contributed by atoms with Gasteiger partial charge in [0, 0.05) is 0 Å². The van der Waals surface area contributed by atoms with Crippen LogP contribution in [0.1, 0.15) is 25.3 Å². The van der Waals surface area contributed by atoms with Gasteiger partial charge in [-0.2, -0.15) is 0 Å². The lowest BCUT2D eigenvalue weighted by Gasteiger charge is -2.12. The summed E-state index contributed by atoms with van der Waals surface area (Å²) < 4.78 is 0. The predicted octanol–water partition coefficient (Wildman–Crippen LogP) is 6.36. The quantitative estimate of drug-likeness (QED) is 0.511. The van der Waals surface area contributed by atoms with E-state index in [4.69, 9.17) is 0 Å². The lowest BCUT2D eigenvalue weighted by molar-refractivity contribution is 0.796. The van der Waals surface area contributed by atoms with Crippen molar-refractivity contribution in [2.75, 3.05) is 0 Å². The summed E-state index contributed by atoms with van der Waals surface area (Å²) in [4.78, 5) is 0. The van der Waals surface area contributed by atoms with Gasteiger partial charge in [-0.15, -0.1) is 0 Å². The molecule has 0 unspecified atom stereocenters. The summed E-state index contributed by atoms with van der Waals surface area (Å²) in [5, 5.41) is 0. The van der Waals surface area contributed by atoms with Gasteiger partial charge < -0.3 is 0 Å². The molecule has 22 heavy (non-hydrogen) atoms. The Morgan fingerprint density at radius 2 is 1.27 bits per heavy atom. The highest BCUT2D eigenvalue weighted by Crippen LogP contribution is 2.30. The van der Waals surface area contributed by atoms with Crippen molar-refractivity contribution >= 4 is 0 Å². The molecular formula is C22H22. The first-order valence-electron chi connectivity index (χ1n) is 8.12. The minimum absolute atomic E-state index is 1.15. The smallest absolute Gasteiger partial charge is 0.0146 e. The normalized spacial score (nSPS) is 10.6. The maximum atomic E-state index is 2.34. The van der Waals surface area contributed by atoms with Crippen LogP contribution in [0.4, 0.5) is 0 Å². The van der Waals surface area contributed by atoms with Crippen LogP contribution in [0.2, 0.25) is 0 Å². The molecule has 0 aromatic heterocycles. The molecule has 0 radical (unpaired) electrons. The van der Waals surface area contributed by atoms with E-state index in [9.17, 15) is 0 Å². The predicted molar refractivity (Wildman–Crippen MR) is 95.9 cm³/mol. The van der Waals surface area contributed by atoms with E-state index in [1.165, 1.54) is 40.7 Å². The number of rotatable bonds is 5. The Labute approximate surface area is 133 Å². The Morgan fingerprint density at radius 3 is 1.91 bits per heavy atom. The van der Waals surface area contributed by atoms with Crippen molar-refractivity contribution in [2.24, 2.45) is 0 Å². The van der Waals surface area contributed by atoms with E-state index in [-0.39, 0.29) is 0 Å². The van der Waals surface area contributed by atoms with Gasteiger partial charge in [0.05, 0.1) is 0 Å². The minimum atomic E-state index is 1.15. The fourth-order valence-electron chi connectivity index (χ4n) is 2.86. The lowest BCUT2D eigenvalue weighted by atomic mass is 9.92. The fourth-order valence-corrected chi connectivity index (χ4v) is 2.86. The molecule has 0 spiro atoms. The van der Waals surface area contributed by atoms with E-state index in [2.05, 4.69) is 85.8 Å². The van der Waals surface area contributed by atoms with Crippen LogP contribution in [-0.4, -0.2) is 0 Å². The van der Waals surface area contributed by atoms with Gasteiger partial charge in [0.1, 0.15) is 0 Å². The molecule has 0 heteroatoms. The van der Waals surface area contributed by atoms with Crippen LogP contribution in [0, 0.1) is 0 Å². The zero-order chi connectivity index (χ0) is 15.2. The van der Waals surface area contributed by atoms with Crippen molar-refractivity contribution in [3.8, 4) is 22.3 Å². The summed E-state index contributed by atoms with van der Waals surface area (Å²) in [6.45, 7) is 2.25. The van der Waals surface area contributed by atoms with Crippen LogP contribution in [0.25, 0.3) is 22.3 Å². The Bertz CT molecular complexity index is 712. The summed E-state index contributed by atoms with van der Waals surface area (Å²) in [6, 6.07) is 28.3. The van der Waals surface area contributed by atoms with Crippen molar-refractivity contribution in [3.63, 3.8) is 0 Å². The topological polar surface area (TPSA) is 0 Å². The van der Waals surface area contributed by atoms with Gasteiger partial charge in [0.15, 0.2) is 0 Å². The Hall–Kier alpha value is -2.34. The van der Waals surface area contributed by atoms with Crippen molar-refractivity contribution in [3.05, 3.63) is 84.4 Å². The molecule has 0 atom stereocenters. The third-order valence-corrected chi connectivity index (χ3v) is 4.10. The van der Waals surface area contributed by atoms with Gasteiger partial charge in [-0.3, -0.25) is 0 Å². The molecule has 0 amide bonds. The molecule has 110 valence electrons. The van der Waals surface area contributed by atoms with Crippen molar-refractivity contribution < 1.29 is 0 Å². The van der Waals surface area contributed by atoms with Crippen LogP contribution in [0.5, 0.6) is 0 Å². The second-order valence-electron chi connectivity index (χ2n) is 5.71. The average Bonchev–Trinajstić information content (AvgIpc) is 2.61. The Morgan fingerprint density at radius 1 is 0.636 bits per heavy atom. The molecule has 0 aliphatic carbocycles. The van der Waals surface area contributed by atoms with Crippen molar-refractivity contribution in [1.82, 2.24) is 0 Å². The first kappa shape index (κ1) is 14.6. The van der Waals surface area contributed by atoms with Crippen molar-refractivity contribution in [1.29, 1.82) is 0 Å². The molecule has 0 fully saturated rings. The van der Waals surface area contributed by atoms with Crippen LogP contribution >= 0.6 is 0 Å². The minimum Gasteiger partial charge on any atom is -0.0654 e. The standard InChI is InChI=1S/C22H22/c1-2-3-10-20-15-16-21(18-11-6-4-7-12-18)17-22(20)19-13-8-5-9-14-19/h4-9,11-17H,2-3,10H2,1H3. The van der Waals surface area contributed by atoms with Crippen molar-refractivity contribution in [2.45, 2.75) is 26.2 Å². The Kier molecular flexibility index (Phi) is 4.70. The number of aryl methyl sites for hydroxylation is 1. The van der Waals surface area contributed by atoms with Crippen LogP contribution < -0.4 is 0 Å². The van der Waals surface area contributed by atoms with E-state index in [1.54, 1.807) is 0 Å². The average molecular weight is 286 g/mol. The number of hydrogen-bond donors (Lipinski definition) is 0. The zero-order valence-electron chi connectivity index (χ0n) is 13.1. The largest absolute Gasteiger partial charge is 0.0654 e. The summed E-state index contributed by atoms with van der Waals surface area (Å²) in [5.41, 5.74) is 6.70. The molecular weight excluding hydrogens is 264 g/mol. The zero-order valence-corrected chi connectivity index (χ0v) is 13.1. The Balaban J connectivity index is 2.06. The van der Waals surface area contributed by atoms with E-state index < -0.39 is 0 Å². The first-order chi connectivity index (χ1) is 10.9. The third kappa shape index (κ3) is 3.28. The molecule has 0 saturated heterocycles. The highest BCUT2D eigenvalue weighted by molar-refractivity contribution is 5.75. The second kappa shape index (κ2) is 7.09. The van der Waals surface area contributed by atoms with Gasteiger partial charge in [-0.25, -0.2) is 0 Å². The maximum absolute atomic E-state index is 2.34. The highest BCUT2D eigenvalue weighted by Gasteiger charge is 2.07. The molecule has 0 heterocycles. The number of hydrogen-bond acceptors (Lipinski definition) is 0. The molecule has 0 bridgehead atoms. The molecule has 3 aromatic carbocycles. The number of benzene rings is 3. The summed E-state index contributed by atoms with van der Waals surface area (Å²) in [5.74, 6) is 0. The highest BCUT2D eigenvalue weighted by atomic mass is 14.1. The third-order valence-electron chi connectivity index (χ3n) is 4.10. The second-order valence-corrected chi connectivity index (χ2v) is 5.71. The SMILES string of the molecule is CCCCc1ccc(-c2ccccc2)cc1-c1ccccc1.